The zero-order valence-electron chi connectivity index (χ0n) is 9.07. The predicted molar refractivity (Wildman–Crippen MR) is 50.3 cm³/mol. The second-order valence-corrected chi connectivity index (χ2v) is 3.38. The van der Waals surface area contributed by atoms with Gasteiger partial charge >= 0.3 is 5.97 Å². The van der Waals surface area contributed by atoms with E-state index < -0.39 is 36.7 Å². The molecule has 3 N–H and O–H groups in total. The average Bonchev–Trinajstić information content (AvgIpc) is 2.27. The highest BCUT2D eigenvalue weighted by Gasteiger charge is 2.47. The molecule has 0 bridgehead atoms. The van der Waals surface area contributed by atoms with Crippen molar-refractivity contribution >= 4 is 5.97 Å². The molecule has 0 saturated carbocycles. The summed E-state index contributed by atoms with van der Waals surface area (Å²) in [6.07, 6.45) is -7.00. The van der Waals surface area contributed by atoms with E-state index in [9.17, 15) is 20.1 Å². The molecule has 1 aliphatic rings. The van der Waals surface area contributed by atoms with Crippen LogP contribution >= 0.6 is 0 Å². The van der Waals surface area contributed by atoms with Crippen LogP contribution in [0.25, 0.3) is 0 Å². The van der Waals surface area contributed by atoms with Gasteiger partial charge in [-0.05, 0) is 6.92 Å². The maximum Gasteiger partial charge on any atom is 0.338 e. The minimum Gasteiger partial charge on any atom is -0.464 e. The van der Waals surface area contributed by atoms with Gasteiger partial charge in [0, 0.05) is 7.11 Å². The van der Waals surface area contributed by atoms with Gasteiger partial charge in [-0.3, -0.25) is 0 Å². The Morgan fingerprint density at radius 2 is 1.88 bits per heavy atom. The molecule has 1 aliphatic heterocycles. The maximum atomic E-state index is 11.4. The Kier molecular flexibility index (Phi) is 4.63. The summed E-state index contributed by atoms with van der Waals surface area (Å²) in [5.41, 5.74) is 0. The van der Waals surface area contributed by atoms with Crippen molar-refractivity contribution in [3.05, 3.63) is 0 Å². The third-order valence-corrected chi connectivity index (χ3v) is 2.32. The van der Waals surface area contributed by atoms with Crippen LogP contribution in [-0.4, -0.2) is 65.7 Å². The van der Waals surface area contributed by atoms with Crippen molar-refractivity contribution in [2.75, 3.05) is 13.7 Å². The van der Waals surface area contributed by atoms with Crippen LogP contribution in [0.4, 0.5) is 0 Å². The summed E-state index contributed by atoms with van der Waals surface area (Å²) in [6, 6.07) is 0. The van der Waals surface area contributed by atoms with Crippen molar-refractivity contribution in [3.63, 3.8) is 0 Å². The number of hydrogen-bond acceptors (Lipinski definition) is 7. The zero-order valence-corrected chi connectivity index (χ0v) is 9.07. The Morgan fingerprint density at radius 1 is 1.25 bits per heavy atom. The Hall–Kier alpha value is -0.730. The third kappa shape index (κ3) is 2.50. The summed E-state index contributed by atoms with van der Waals surface area (Å²) >= 11 is 0. The highest BCUT2D eigenvalue weighted by atomic mass is 16.7. The van der Waals surface area contributed by atoms with Crippen molar-refractivity contribution in [2.45, 2.75) is 37.6 Å². The molecule has 0 amide bonds. The normalized spacial score (nSPS) is 39.4. The Balaban J connectivity index is 2.74. The van der Waals surface area contributed by atoms with Crippen molar-refractivity contribution in [2.24, 2.45) is 0 Å². The first-order valence-electron chi connectivity index (χ1n) is 4.92. The van der Waals surface area contributed by atoms with Crippen LogP contribution in [-0.2, 0) is 19.0 Å². The number of carbonyl (C=O) groups is 1. The molecule has 0 radical (unpaired) electrons. The standard InChI is InChI=1S/C9H16O7/c1-3-15-8(13)7-5(11)4(10)6(12)9(14-2)16-7/h4-7,9-12H,3H2,1-2H3/t4-,5-,6+,7-,9+/m0/s1. The number of aliphatic hydroxyl groups excluding tert-OH is 3. The van der Waals surface area contributed by atoms with Crippen LogP contribution in [0.5, 0.6) is 0 Å². The molecule has 7 heteroatoms. The number of esters is 1. The molecule has 0 spiro atoms. The van der Waals surface area contributed by atoms with E-state index in [1.807, 2.05) is 0 Å². The molecule has 0 aromatic carbocycles. The molecule has 1 heterocycles. The van der Waals surface area contributed by atoms with Gasteiger partial charge in [-0.2, -0.15) is 0 Å². The van der Waals surface area contributed by atoms with Gasteiger partial charge in [-0.25, -0.2) is 4.79 Å². The first-order chi connectivity index (χ1) is 7.52. The van der Waals surface area contributed by atoms with Crippen LogP contribution in [0.3, 0.4) is 0 Å². The lowest BCUT2D eigenvalue weighted by Gasteiger charge is -2.38. The van der Waals surface area contributed by atoms with Gasteiger partial charge in [0.1, 0.15) is 18.3 Å². The molecule has 7 nitrogen and oxygen atoms in total. The third-order valence-electron chi connectivity index (χ3n) is 2.32. The summed E-state index contributed by atoms with van der Waals surface area (Å²) in [6.45, 7) is 1.73. The van der Waals surface area contributed by atoms with E-state index in [0.29, 0.717) is 0 Å². The van der Waals surface area contributed by atoms with E-state index in [1.165, 1.54) is 7.11 Å². The molecule has 1 fully saturated rings. The van der Waals surface area contributed by atoms with Crippen LogP contribution in [0.1, 0.15) is 6.92 Å². The van der Waals surface area contributed by atoms with Gasteiger partial charge in [-0.15, -0.1) is 0 Å². The number of ether oxygens (including phenoxy) is 3. The minimum absolute atomic E-state index is 0.127. The first-order valence-corrected chi connectivity index (χ1v) is 4.92. The van der Waals surface area contributed by atoms with Crippen LogP contribution in [0.2, 0.25) is 0 Å². The van der Waals surface area contributed by atoms with Gasteiger partial charge in [0.15, 0.2) is 12.4 Å². The molecule has 94 valence electrons. The quantitative estimate of drug-likeness (QED) is 0.487. The van der Waals surface area contributed by atoms with Crippen molar-refractivity contribution < 1.29 is 34.3 Å². The number of aliphatic hydroxyl groups is 3. The van der Waals surface area contributed by atoms with Crippen LogP contribution in [0, 0.1) is 0 Å². The Morgan fingerprint density at radius 3 is 2.38 bits per heavy atom. The van der Waals surface area contributed by atoms with Gasteiger partial charge in [-0.1, -0.05) is 0 Å². The largest absolute Gasteiger partial charge is 0.464 e. The second-order valence-electron chi connectivity index (χ2n) is 3.38. The predicted octanol–water partition coefficient (Wildman–Crippen LogP) is -2.00. The molecule has 0 aliphatic carbocycles. The van der Waals surface area contributed by atoms with Crippen molar-refractivity contribution in [1.29, 1.82) is 0 Å². The number of hydrogen-bond donors (Lipinski definition) is 3. The monoisotopic (exact) mass is 236 g/mol. The Labute approximate surface area is 92.5 Å². The highest BCUT2D eigenvalue weighted by molar-refractivity contribution is 5.75. The summed E-state index contributed by atoms with van der Waals surface area (Å²) in [5, 5.41) is 28.4. The molecule has 1 saturated heterocycles. The number of carbonyl (C=O) groups excluding carboxylic acids is 1. The van der Waals surface area contributed by atoms with Crippen molar-refractivity contribution in [3.8, 4) is 0 Å². The topological polar surface area (TPSA) is 105 Å². The van der Waals surface area contributed by atoms with Gasteiger partial charge in [0.2, 0.25) is 0 Å². The number of methoxy groups -OCH3 is 1. The van der Waals surface area contributed by atoms with E-state index in [4.69, 9.17) is 9.47 Å². The van der Waals surface area contributed by atoms with Gasteiger partial charge < -0.3 is 29.5 Å². The smallest absolute Gasteiger partial charge is 0.338 e. The van der Waals surface area contributed by atoms with E-state index in [1.54, 1.807) is 6.92 Å². The molecule has 0 aromatic rings. The minimum atomic E-state index is -1.54. The molecule has 0 unspecified atom stereocenters. The molecular formula is C9H16O7. The van der Waals surface area contributed by atoms with E-state index in [0.717, 1.165) is 0 Å². The van der Waals surface area contributed by atoms with E-state index >= 15 is 0 Å². The van der Waals surface area contributed by atoms with Gasteiger partial charge in [0.25, 0.3) is 0 Å². The summed E-state index contributed by atoms with van der Waals surface area (Å²) in [7, 11) is 1.25. The van der Waals surface area contributed by atoms with Crippen molar-refractivity contribution in [1.82, 2.24) is 0 Å². The highest BCUT2D eigenvalue weighted by Crippen LogP contribution is 2.22. The fourth-order valence-electron chi connectivity index (χ4n) is 1.46. The maximum absolute atomic E-state index is 11.4. The van der Waals surface area contributed by atoms with Gasteiger partial charge in [0.05, 0.1) is 6.61 Å². The summed E-state index contributed by atoms with van der Waals surface area (Å²) in [5.74, 6) is -0.803. The lowest BCUT2D eigenvalue weighted by Crippen LogP contribution is -2.60. The fraction of sp³-hybridized carbons (Fsp3) is 0.889. The lowest BCUT2D eigenvalue weighted by molar-refractivity contribution is -0.288. The SMILES string of the molecule is CCOC(=O)[C@H]1O[C@@H](OC)[C@H](O)[C@@H](O)[C@@H]1O. The molecule has 16 heavy (non-hydrogen) atoms. The summed E-state index contributed by atoms with van der Waals surface area (Å²) in [4.78, 5) is 11.4. The Bertz CT molecular complexity index is 242. The summed E-state index contributed by atoms with van der Waals surface area (Å²) < 4.78 is 14.4. The zero-order chi connectivity index (χ0) is 12.3. The lowest BCUT2D eigenvalue weighted by atomic mass is 9.99. The molecule has 0 aromatic heterocycles. The number of rotatable bonds is 3. The van der Waals surface area contributed by atoms with E-state index in [-0.39, 0.29) is 6.61 Å². The molecule has 1 rings (SSSR count). The fourth-order valence-corrected chi connectivity index (χ4v) is 1.46. The molecule has 5 atom stereocenters. The van der Waals surface area contributed by atoms with Crippen LogP contribution in [0.15, 0.2) is 0 Å². The van der Waals surface area contributed by atoms with E-state index in [2.05, 4.69) is 4.74 Å². The average molecular weight is 236 g/mol. The van der Waals surface area contributed by atoms with Crippen LogP contribution < -0.4 is 0 Å². The second kappa shape index (κ2) is 5.55. The molecular weight excluding hydrogens is 220 g/mol. The first kappa shape index (κ1) is 13.3.